The van der Waals surface area contributed by atoms with E-state index in [2.05, 4.69) is 30.4 Å². The molecule has 4 aliphatic rings. The first-order valence-corrected chi connectivity index (χ1v) is 12.6. The van der Waals surface area contributed by atoms with E-state index < -0.39 is 5.82 Å². The van der Waals surface area contributed by atoms with E-state index in [0.717, 1.165) is 49.0 Å². The maximum absolute atomic E-state index is 14.5. The molecular formula is C26H30FN3S. The Morgan fingerprint density at radius 3 is 2.84 bits per heavy atom. The summed E-state index contributed by atoms with van der Waals surface area (Å²) in [5, 5.41) is 13.0. The van der Waals surface area contributed by atoms with E-state index in [1.807, 2.05) is 23.9 Å². The predicted octanol–water partition coefficient (Wildman–Crippen LogP) is 4.99. The molecule has 3 aliphatic heterocycles. The van der Waals surface area contributed by atoms with Gasteiger partial charge in [0.05, 0.1) is 5.56 Å². The number of hydrogen-bond donors (Lipinski definition) is 2. The smallest absolute Gasteiger partial charge is 0.141 e. The highest BCUT2D eigenvalue weighted by molar-refractivity contribution is 7.99. The molecule has 5 heteroatoms. The molecule has 0 spiro atoms. The Hall–Kier alpha value is -1.87. The minimum absolute atomic E-state index is 0.102. The van der Waals surface area contributed by atoms with Crippen LogP contribution >= 0.6 is 11.8 Å². The van der Waals surface area contributed by atoms with E-state index in [-0.39, 0.29) is 17.1 Å². The molecule has 4 fully saturated rings. The van der Waals surface area contributed by atoms with Crippen LogP contribution < -0.4 is 11.1 Å². The largest absolute Gasteiger partial charge is 0.326 e. The Morgan fingerprint density at radius 1 is 1.29 bits per heavy atom. The molecule has 162 valence electrons. The molecule has 3 saturated heterocycles. The van der Waals surface area contributed by atoms with Crippen LogP contribution in [0.2, 0.25) is 0 Å². The quantitative estimate of drug-likeness (QED) is 0.711. The van der Waals surface area contributed by atoms with Gasteiger partial charge in [0.25, 0.3) is 0 Å². The van der Waals surface area contributed by atoms with Gasteiger partial charge in [-0.15, -0.1) is 0 Å². The van der Waals surface area contributed by atoms with E-state index in [1.165, 1.54) is 22.9 Å². The van der Waals surface area contributed by atoms with Gasteiger partial charge in [0, 0.05) is 23.4 Å². The average Bonchev–Trinajstić information content (AvgIpc) is 3.18. The first-order valence-electron chi connectivity index (χ1n) is 11.4. The van der Waals surface area contributed by atoms with Crippen molar-refractivity contribution >= 4 is 11.8 Å². The van der Waals surface area contributed by atoms with Crippen molar-refractivity contribution in [2.24, 2.45) is 11.7 Å². The molecule has 2 aromatic carbocycles. The number of hydrogen-bond acceptors (Lipinski definition) is 4. The number of nitrogens with one attached hydrogen (secondary N) is 1. The maximum atomic E-state index is 14.5. The van der Waals surface area contributed by atoms with Crippen molar-refractivity contribution in [2.75, 3.05) is 11.5 Å². The summed E-state index contributed by atoms with van der Waals surface area (Å²) in [6, 6.07) is 14.2. The van der Waals surface area contributed by atoms with E-state index in [0.29, 0.717) is 17.9 Å². The normalized spacial score (nSPS) is 32.2. The Labute approximate surface area is 188 Å². The van der Waals surface area contributed by atoms with Crippen LogP contribution in [-0.2, 0) is 6.42 Å². The molecule has 2 bridgehead atoms. The van der Waals surface area contributed by atoms with Gasteiger partial charge in [-0.1, -0.05) is 31.2 Å². The van der Waals surface area contributed by atoms with Crippen LogP contribution in [0.5, 0.6) is 0 Å². The fourth-order valence-corrected chi connectivity index (χ4v) is 7.41. The number of rotatable bonds is 4. The number of benzene rings is 2. The second kappa shape index (κ2) is 8.24. The summed E-state index contributed by atoms with van der Waals surface area (Å²) in [6.45, 7) is 2.33. The van der Waals surface area contributed by atoms with Gasteiger partial charge < -0.3 is 11.1 Å². The molecule has 2 aromatic rings. The van der Waals surface area contributed by atoms with Crippen LogP contribution in [0.4, 0.5) is 4.39 Å². The van der Waals surface area contributed by atoms with Gasteiger partial charge in [-0.25, -0.2) is 4.39 Å². The zero-order valence-corrected chi connectivity index (χ0v) is 18.9. The second-order valence-corrected chi connectivity index (χ2v) is 11.0. The lowest BCUT2D eigenvalue weighted by Gasteiger charge is -2.50. The summed E-state index contributed by atoms with van der Waals surface area (Å²) >= 11 is 2.01. The topological polar surface area (TPSA) is 61.8 Å². The highest BCUT2D eigenvalue weighted by atomic mass is 32.2. The summed E-state index contributed by atoms with van der Waals surface area (Å²) in [6.07, 6.45) is 5.57. The highest BCUT2D eigenvalue weighted by Crippen LogP contribution is 2.45. The monoisotopic (exact) mass is 435 g/mol. The predicted molar refractivity (Wildman–Crippen MR) is 126 cm³/mol. The Morgan fingerprint density at radius 2 is 2.13 bits per heavy atom. The van der Waals surface area contributed by atoms with Gasteiger partial charge in [-0.2, -0.15) is 17.0 Å². The van der Waals surface area contributed by atoms with Gasteiger partial charge in [-0.05, 0) is 84.1 Å². The van der Waals surface area contributed by atoms with Gasteiger partial charge in [0.2, 0.25) is 0 Å². The van der Waals surface area contributed by atoms with E-state index in [9.17, 15) is 4.39 Å². The van der Waals surface area contributed by atoms with Gasteiger partial charge >= 0.3 is 0 Å². The third-order valence-corrected chi connectivity index (χ3v) is 8.66. The molecular weight excluding hydrogens is 405 g/mol. The summed E-state index contributed by atoms with van der Waals surface area (Å²) in [4.78, 5) is 0. The number of thioether (sulfide) groups is 1. The maximum Gasteiger partial charge on any atom is 0.141 e. The lowest BCUT2D eigenvalue weighted by atomic mass is 9.72. The Kier molecular flexibility index (Phi) is 5.58. The van der Waals surface area contributed by atoms with E-state index >= 15 is 0 Å². The first-order chi connectivity index (χ1) is 15.0. The van der Waals surface area contributed by atoms with Crippen molar-refractivity contribution in [1.82, 2.24) is 5.32 Å². The molecule has 0 aromatic heterocycles. The van der Waals surface area contributed by atoms with Crippen molar-refractivity contribution in [3.05, 3.63) is 58.9 Å². The summed E-state index contributed by atoms with van der Waals surface area (Å²) in [7, 11) is 0. The van der Waals surface area contributed by atoms with Crippen LogP contribution in [0.3, 0.4) is 0 Å². The Bertz CT molecular complexity index is 1020. The fourth-order valence-electron chi connectivity index (χ4n) is 6.17. The molecule has 31 heavy (non-hydrogen) atoms. The second-order valence-electron chi connectivity index (χ2n) is 9.87. The minimum atomic E-state index is -0.439. The number of halogens is 1. The van der Waals surface area contributed by atoms with Crippen molar-refractivity contribution in [3.8, 4) is 17.2 Å². The van der Waals surface area contributed by atoms with E-state index in [1.54, 1.807) is 6.07 Å². The highest BCUT2D eigenvalue weighted by Gasteiger charge is 2.49. The Balaban J connectivity index is 1.55. The van der Waals surface area contributed by atoms with Crippen molar-refractivity contribution < 1.29 is 4.39 Å². The average molecular weight is 436 g/mol. The van der Waals surface area contributed by atoms with E-state index in [4.69, 9.17) is 11.0 Å². The standard InChI is InChI=1S/C26H30FN3S/c1-16-9-23(29)24-13-26(11-16,30-24)12-18-3-2-4-21(25(18)20-7-8-31-15-20)17-5-6-19(14-28)22(27)10-17/h2-6,10,16,20,23-24,30H,7-9,11-13,15,29H2,1H3/t16-,20?,23?,24-,26?/m1/s1. The van der Waals surface area contributed by atoms with Crippen LogP contribution in [-0.4, -0.2) is 29.1 Å². The van der Waals surface area contributed by atoms with Crippen LogP contribution in [0, 0.1) is 23.1 Å². The first kappa shape index (κ1) is 21.0. The molecule has 3 unspecified atom stereocenters. The fraction of sp³-hybridized carbons (Fsp3) is 0.500. The number of nitriles is 1. The summed E-state index contributed by atoms with van der Waals surface area (Å²) in [5.41, 5.74) is 11.4. The number of nitrogens with two attached hydrogens (primary N) is 1. The minimum Gasteiger partial charge on any atom is -0.326 e. The summed E-state index contributed by atoms with van der Waals surface area (Å²) < 4.78 is 14.5. The van der Waals surface area contributed by atoms with Crippen LogP contribution in [0.1, 0.15) is 55.2 Å². The molecule has 1 aliphatic carbocycles. The van der Waals surface area contributed by atoms with Crippen LogP contribution in [0.25, 0.3) is 11.1 Å². The lowest BCUT2D eigenvalue weighted by Crippen LogP contribution is -2.68. The third-order valence-electron chi connectivity index (χ3n) is 7.50. The number of nitrogens with zero attached hydrogens (tertiary/aromatic N) is 1. The summed E-state index contributed by atoms with van der Waals surface area (Å²) in [5.74, 6) is 2.97. The molecule has 0 amide bonds. The SMILES string of the molecule is C[C@@H]1CC(N)[C@H]2CC(Cc3cccc(-c4ccc(C#N)c(F)c4)c3C3CCSC3)(C1)N2. The molecule has 3 nitrogen and oxygen atoms in total. The molecule has 1 saturated carbocycles. The third kappa shape index (κ3) is 3.91. The molecule has 5 atom stereocenters. The zero-order valence-electron chi connectivity index (χ0n) is 18.0. The lowest BCUT2D eigenvalue weighted by molar-refractivity contribution is 0.123. The molecule has 3 N–H and O–H groups in total. The van der Waals surface area contributed by atoms with Gasteiger partial charge in [0.15, 0.2) is 0 Å². The molecule has 0 radical (unpaired) electrons. The van der Waals surface area contributed by atoms with Crippen LogP contribution in [0.15, 0.2) is 36.4 Å². The van der Waals surface area contributed by atoms with Gasteiger partial charge in [0.1, 0.15) is 11.9 Å². The van der Waals surface area contributed by atoms with Crippen molar-refractivity contribution in [3.63, 3.8) is 0 Å². The van der Waals surface area contributed by atoms with Crippen molar-refractivity contribution in [2.45, 2.75) is 62.6 Å². The van der Waals surface area contributed by atoms with Gasteiger partial charge in [-0.3, -0.25) is 0 Å². The molecule has 3 heterocycles. The molecule has 6 rings (SSSR count). The van der Waals surface area contributed by atoms with Crippen molar-refractivity contribution in [1.29, 1.82) is 5.26 Å². The zero-order chi connectivity index (χ0) is 21.6. The number of fused-ring (bicyclic) bond motifs is 3.